The second-order valence-electron chi connectivity index (χ2n) is 20.9. The molecule has 0 saturated heterocycles. The number of benzene rings is 3. The zero-order chi connectivity index (χ0) is 46.3. The van der Waals surface area contributed by atoms with Crippen LogP contribution in [0.2, 0.25) is 0 Å². The number of unbranched alkanes of at least 4 members (excludes halogenated alkanes) is 18. The third-order valence-corrected chi connectivity index (χ3v) is 13.2. The van der Waals surface area contributed by atoms with E-state index in [9.17, 15) is 0 Å². The number of aliphatic imine (C=N–C) groups is 1. The summed E-state index contributed by atoms with van der Waals surface area (Å²) >= 11 is 0. The van der Waals surface area contributed by atoms with Crippen LogP contribution in [-0.2, 0) is 12.8 Å². The number of hydrogen-bond donors (Lipinski definition) is 1. The molecule has 1 N–H and O–H groups in total. The molecule has 1 aliphatic rings. The van der Waals surface area contributed by atoms with E-state index in [2.05, 4.69) is 114 Å². The molecule has 3 aromatic carbocycles. The van der Waals surface area contributed by atoms with E-state index in [1.165, 1.54) is 164 Å². The Morgan fingerprint density at radius 2 is 0.938 bits per heavy atom. The molecule has 0 saturated carbocycles. The van der Waals surface area contributed by atoms with Gasteiger partial charge in [0, 0.05) is 22.5 Å². The fourth-order valence-corrected chi connectivity index (χ4v) is 9.20. The SMILES string of the molecule is COc1ccc(C2=N/C(=C(\c3ccc(-c4ccc(OC)cc4)[nH]3)c3cc(CCCCCCCCCCCC[N+](C)(C)C)ccc3CCCCCCCCCCCC[N+](C)(C)C)C=C2)cc1. The van der Waals surface area contributed by atoms with E-state index in [1.807, 2.05) is 24.3 Å². The normalized spacial score (nSPS) is 13.7. The molecule has 4 aromatic rings. The number of aromatic amines is 1. The third kappa shape index (κ3) is 18.8. The summed E-state index contributed by atoms with van der Waals surface area (Å²) in [5, 5.41) is 0. The third-order valence-electron chi connectivity index (χ3n) is 13.2. The quantitative estimate of drug-likeness (QED) is 0.0392. The van der Waals surface area contributed by atoms with E-state index in [0.29, 0.717) is 0 Å². The summed E-state index contributed by atoms with van der Waals surface area (Å²) < 4.78 is 13.1. The molecule has 6 nitrogen and oxygen atoms in total. The van der Waals surface area contributed by atoms with Gasteiger partial charge in [-0.1, -0.05) is 108 Å². The Morgan fingerprint density at radius 1 is 0.477 bits per heavy atom. The first-order valence-corrected chi connectivity index (χ1v) is 25.6. The van der Waals surface area contributed by atoms with Crippen molar-refractivity contribution in [1.29, 1.82) is 0 Å². The van der Waals surface area contributed by atoms with Gasteiger partial charge in [-0.15, -0.1) is 0 Å². The van der Waals surface area contributed by atoms with Gasteiger partial charge in [0.1, 0.15) is 11.5 Å². The average Bonchev–Trinajstić information content (AvgIpc) is 3.98. The number of quaternary nitrogens is 2. The van der Waals surface area contributed by atoms with Crippen molar-refractivity contribution in [3.8, 4) is 22.8 Å². The summed E-state index contributed by atoms with van der Waals surface area (Å²) in [5.74, 6) is 1.71. The highest BCUT2D eigenvalue weighted by atomic mass is 16.5. The summed E-state index contributed by atoms with van der Waals surface area (Å²) in [5.41, 5.74) is 11.7. The van der Waals surface area contributed by atoms with E-state index >= 15 is 0 Å². The molecule has 354 valence electrons. The lowest BCUT2D eigenvalue weighted by Gasteiger charge is -2.23. The fraction of sp³-hybridized carbons (Fsp3) is 0.542. The number of methoxy groups -OCH3 is 2. The van der Waals surface area contributed by atoms with E-state index in [4.69, 9.17) is 14.5 Å². The number of hydrogen-bond acceptors (Lipinski definition) is 3. The number of nitrogens with one attached hydrogen (secondary N) is 1. The van der Waals surface area contributed by atoms with Gasteiger partial charge in [-0.25, -0.2) is 4.99 Å². The van der Waals surface area contributed by atoms with E-state index in [-0.39, 0.29) is 0 Å². The number of aryl methyl sites for hydroxylation is 2. The van der Waals surface area contributed by atoms with Crippen molar-refractivity contribution in [3.05, 3.63) is 125 Å². The lowest BCUT2D eigenvalue weighted by molar-refractivity contribution is -0.870. The van der Waals surface area contributed by atoms with Crippen LogP contribution in [0.5, 0.6) is 11.5 Å². The summed E-state index contributed by atoms with van der Waals surface area (Å²) in [6.45, 7) is 2.57. The molecule has 1 aromatic heterocycles. The smallest absolute Gasteiger partial charge is 0.118 e. The van der Waals surface area contributed by atoms with Crippen LogP contribution in [-0.4, -0.2) is 89.3 Å². The van der Waals surface area contributed by atoms with Gasteiger partial charge in [-0.05, 0) is 146 Å². The molecule has 0 spiro atoms. The second kappa shape index (κ2) is 27.3. The van der Waals surface area contributed by atoms with Gasteiger partial charge in [-0.3, -0.25) is 0 Å². The predicted molar refractivity (Wildman–Crippen MR) is 279 cm³/mol. The molecule has 5 rings (SSSR count). The summed E-state index contributed by atoms with van der Waals surface area (Å²) in [4.78, 5) is 9.22. The molecule has 6 heteroatoms. The number of rotatable bonds is 32. The van der Waals surface area contributed by atoms with Crippen molar-refractivity contribution in [3.63, 3.8) is 0 Å². The van der Waals surface area contributed by atoms with Crippen LogP contribution < -0.4 is 9.47 Å². The highest BCUT2D eigenvalue weighted by Crippen LogP contribution is 2.36. The minimum absolute atomic E-state index is 0.852. The van der Waals surface area contributed by atoms with Crippen molar-refractivity contribution in [2.45, 2.75) is 141 Å². The van der Waals surface area contributed by atoms with Gasteiger partial charge in [0.15, 0.2) is 0 Å². The maximum Gasteiger partial charge on any atom is 0.118 e. The number of ether oxygens (including phenoxy) is 2. The number of nitrogens with zero attached hydrogens (tertiary/aromatic N) is 3. The molecular weight excluding hydrogens is 797 g/mol. The highest BCUT2D eigenvalue weighted by molar-refractivity contribution is 6.12. The maximum atomic E-state index is 5.48. The molecule has 0 bridgehead atoms. The van der Waals surface area contributed by atoms with E-state index in [1.54, 1.807) is 14.2 Å². The molecule has 0 aliphatic carbocycles. The standard InChI is InChI=1S/C59H88N4O2/c1-62(2,3)45-27-23-19-15-11-9-13-17-21-25-29-48-31-32-49(30-26-22-18-14-10-12-16-20-24-28-46-63(4,5)6)54(47-48)59(57-43-41-55(60-57)50-33-37-52(64-7)38-34-50)58-44-42-56(61-58)51-35-39-53(65-8)40-36-51/h31-44,47,60H,9-30,45-46H2,1-8H3/q+2/b59-58-. The predicted octanol–water partition coefficient (Wildman–Crippen LogP) is 14.8. The van der Waals surface area contributed by atoms with Gasteiger partial charge in [0.05, 0.1) is 81.0 Å². The molecular formula is C59H88N4O2+2. The molecule has 65 heavy (non-hydrogen) atoms. The first-order chi connectivity index (χ1) is 31.4. The molecule has 0 unspecified atom stereocenters. The number of allylic oxidation sites excluding steroid dienone is 2. The minimum atomic E-state index is 0.852. The topological polar surface area (TPSA) is 46.6 Å². The molecule has 0 radical (unpaired) electrons. The van der Waals surface area contributed by atoms with Crippen LogP contribution in [0.15, 0.2) is 102 Å². The Morgan fingerprint density at radius 3 is 1.43 bits per heavy atom. The minimum Gasteiger partial charge on any atom is -0.497 e. The average molecular weight is 885 g/mol. The summed E-state index contributed by atoms with van der Waals surface area (Å²) in [6, 6.07) is 28.4. The molecule has 0 fully saturated rings. The first-order valence-electron chi connectivity index (χ1n) is 25.6. The van der Waals surface area contributed by atoms with Crippen LogP contribution in [0.1, 0.15) is 156 Å². The second-order valence-corrected chi connectivity index (χ2v) is 20.9. The van der Waals surface area contributed by atoms with Gasteiger partial charge in [0.2, 0.25) is 0 Å². The van der Waals surface area contributed by atoms with Gasteiger partial charge in [-0.2, -0.15) is 0 Å². The van der Waals surface area contributed by atoms with Crippen LogP contribution in [0.4, 0.5) is 0 Å². The van der Waals surface area contributed by atoms with Crippen molar-refractivity contribution in [2.24, 2.45) is 4.99 Å². The van der Waals surface area contributed by atoms with Crippen molar-refractivity contribution < 1.29 is 18.4 Å². The summed E-state index contributed by atoms with van der Waals surface area (Å²) in [7, 11) is 17.2. The van der Waals surface area contributed by atoms with Gasteiger partial charge in [0.25, 0.3) is 0 Å². The zero-order valence-corrected chi connectivity index (χ0v) is 42.3. The monoisotopic (exact) mass is 885 g/mol. The Hall–Kier alpha value is -4.39. The Labute approximate surface area is 396 Å². The van der Waals surface area contributed by atoms with E-state index in [0.717, 1.165) is 67.2 Å². The van der Waals surface area contributed by atoms with Crippen LogP contribution >= 0.6 is 0 Å². The number of H-pyrrole nitrogens is 1. The molecule has 1 aliphatic heterocycles. The van der Waals surface area contributed by atoms with Crippen LogP contribution in [0.25, 0.3) is 16.8 Å². The molecule has 0 amide bonds. The Kier molecular flexibility index (Phi) is 21.7. The maximum absolute atomic E-state index is 5.48. The number of aromatic nitrogens is 1. The molecule has 2 heterocycles. The zero-order valence-electron chi connectivity index (χ0n) is 42.3. The van der Waals surface area contributed by atoms with Gasteiger partial charge < -0.3 is 23.4 Å². The molecule has 0 atom stereocenters. The van der Waals surface area contributed by atoms with Crippen molar-refractivity contribution in [1.82, 2.24) is 4.98 Å². The highest BCUT2D eigenvalue weighted by Gasteiger charge is 2.20. The van der Waals surface area contributed by atoms with Gasteiger partial charge >= 0.3 is 0 Å². The first kappa shape index (κ1) is 51.6. The lowest BCUT2D eigenvalue weighted by Crippen LogP contribution is -2.35. The van der Waals surface area contributed by atoms with Crippen LogP contribution in [0, 0.1) is 0 Å². The lowest BCUT2D eigenvalue weighted by atomic mass is 9.90. The van der Waals surface area contributed by atoms with E-state index < -0.39 is 0 Å². The van der Waals surface area contributed by atoms with Crippen molar-refractivity contribution >= 4 is 11.3 Å². The van der Waals surface area contributed by atoms with Crippen molar-refractivity contribution in [2.75, 3.05) is 69.6 Å². The Balaban J connectivity index is 1.29. The largest absolute Gasteiger partial charge is 0.497 e. The Bertz CT molecular complexity index is 2060. The fourth-order valence-electron chi connectivity index (χ4n) is 9.20. The summed E-state index contributed by atoms with van der Waals surface area (Å²) in [6.07, 6.45) is 33.5. The van der Waals surface area contributed by atoms with Crippen LogP contribution in [0.3, 0.4) is 0 Å².